The van der Waals surface area contributed by atoms with Crippen molar-refractivity contribution < 1.29 is 4.79 Å². The van der Waals surface area contributed by atoms with Gasteiger partial charge < -0.3 is 5.32 Å². The highest BCUT2D eigenvalue weighted by Gasteiger charge is 2.02. The van der Waals surface area contributed by atoms with Gasteiger partial charge in [-0.15, -0.1) is 0 Å². The van der Waals surface area contributed by atoms with Gasteiger partial charge in [-0.3, -0.25) is 21.0 Å². The lowest BCUT2D eigenvalue weighted by molar-refractivity contribution is -0.115. The number of hydrogen-bond donors (Lipinski definition) is 4. The summed E-state index contributed by atoms with van der Waals surface area (Å²) >= 11 is 10.2. The Bertz CT molecular complexity index is 773. The zero-order chi connectivity index (χ0) is 18.1. The Balaban J connectivity index is 1.73. The van der Waals surface area contributed by atoms with Gasteiger partial charge in [-0.05, 0) is 55.1 Å². The summed E-state index contributed by atoms with van der Waals surface area (Å²) in [6.07, 6.45) is 3.13. The van der Waals surface area contributed by atoms with Crippen molar-refractivity contribution in [2.75, 3.05) is 5.32 Å². The number of carbonyl (C=O) groups is 1. The van der Waals surface area contributed by atoms with Gasteiger partial charge in [0.15, 0.2) is 10.2 Å². The summed E-state index contributed by atoms with van der Waals surface area (Å²) < 4.78 is 0. The number of thiocarbonyl (C=S) groups is 2. The molecule has 7 heteroatoms. The average Bonchev–Trinajstić information content (AvgIpc) is 2.60. The number of benzene rings is 2. The number of carbonyl (C=O) groups excluding carboxylic acids is 1. The van der Waals surface area contributed by atoms with Crippen LogP contribution in [0.25, 0.3) is 6.08 Å². The van der Waals surface area contributed by atoms with Crippen LogP contribution in [0.1, 0.15) is 11.1 Å². The molecule has 4 N–H and O–H groups in total. The van der Waals surface area contributed by atoms with Crippen molar-refractivity contribution in [3.8, 4) is 0 Å². The number of hydrazine groups is 1. The molecular formula is C18H18N4OS2. The van der Waals surface area contributed by atoms with Crippen molar-refractivity contribution in [3.05, 3.63) is 71.8 Å². The Morgan fingerprint density at radius 2 is 1.56 bits per heavy atom. The predicted molar refractivity (Wildman–Crippen MR) is 110 cm³/mol. The van der Waals surface area contributed by atoms with Crippen LogP contribution in [0, 0.1) is 6.92 Å². The molecule has 0 aliphatic rings. The number of aryl methyl sites for hydroxylation is 1. The van der Waals surface area contributed by atoms with E-state index in [1.807, 2.05) is 61.5 Å². The molecule has 0 radical (unpaired) electrons. The monoisotopic (exact) mass is 370 g/mol. The zero-order valence-corrected chi connectivity index (χ0v) is 15.2. The molecule has 2 aromatic carbocycles. The standard InChI is InChI=1S/C18H18N4OS2/c1-13-7-9-14(10-8-13)11-12-16(23)20-18(25)22-21-17(24)19-15-5-3-2-4-6-15/h2-12H,1H3,(H2,19,21,24)(H2,20,22,23,25). The number of para-hydroxylation sites is 1. The minimum atomic E-state index is -0.332. The fourth-order valence-electron chi connectivity index (χ4n) is 1.83. The first-order chi connectivity index (χ1) is 12.0. The van der Waals surface area contributed by atoms with Gasteiger partial charge in [0.05, 0.1) is 0 Å². The van der Waals surface area contributed by atoms with Gasteiger partial charge in [0, 0.05) is 11.8 Å². The molecule has 0 aliphatic heterocycles. The minimum Gasteiger partial charge on any atom is -0.331 e. The Hall–Kier alpha value is -2.77. The first-order valence-corrected chi connectivity index (χ1v) is 8.32. The van der Waals surface area contributed by atoms with Crippen LogP contribution in [0.2, 0.25) is 0 Å². The van der Waals surface area contributed by atoms with E-state index in [0.717, 1.165) is 16.8 Å². The van der Waals surface area contributed by atoms with Gasteiger partial charge >= 0.3 is 0 Å². The maximum Gasteiger partial charge on any atom is 0.250 e. The van der Waals surface area contributed by atoms with Crippen LogP contribution in [0.5, 0.6) is 0 Å². The smallest absolute Gasteiger partial charge is 0.250 e. The Labute approximate surface area is 157 Å². The van der Waals surface area contributed by atoms with E-state index >= 15 is 0 Å². The average molecular weight is 371 g/mol. The maximum atomic E-state index is 11.8. The van der Waals surface area contributed by atoms with E-state index in [1.165, 1.54) is 6.08 Å². The summed E-state index contributed by atoms with van der Waals surface area (Å²) in [5.41, 5.74) is 8.30. The van der Waals surface area contributed by atoms with Crippen LogP contribution >= 0.6 is 24.4 Å². The lowest BCUT2D eigenvalue weighted by Crippen LogP contribution is -2.49. The molecule has 0 bridgehead atoms. The Kier molecular flexibility index (Phi) is 7.06. The topological polar surface area (TPSA) is 65.2 Å². The number of amides is 1. The summed E-state index contributed by atoms with van der Waals surface area (Å²) in [7, 11) is 0. The van der Waals surface area contributed by atoms with Gasteiger partial charge in [0.1, 0.15) is 0 Å². The molecule has 0 unspecified atom stereocenters. The van der Waals surface area contributed by atoms with E-state index < -0.39 is 0 Å². The van der Waals surface area contributed by atoms with E-state index in [2.05, 4.69) is 21.5 Å². The van der Waals surface area contributed by atoms with Crippen molar-refractivity contribution in [2.24, 2.45) is 0 Å². The second kappa shape index (κ2) is 9.51. The van der Waals surface area contributed by atoms with E-state index in [-0.39, 0.29) is 11.0 Å². The maximum absolute atomic E-state index is 11.8. The van der Waals surface area contributed by atoms with E-state index in [9.17, 15) is 4.79 Å². The molecule has 0 aliphatic carbocycles. The van der Waals surface area contributed by atoms with Crippen LogP contribution in [-0.4, -0.2) is 16.1 Å². The quantitative estimate of drug-likeness (QED) is 0.379. The third kappa shape index (κ3) is 7.11. The molecule has 0 aromatic heterocycles. The second-order valence-electron chi connectivity index (χ2n) is 5.13. The van der Waals surface area contributed by atoms with Crippen LogP contribution < -0.4 is 21.5 Å². The van der Waals surface area contributed by atoms with E-state index in [0.29, 0.717) is 5.11 Å². The molecule has 0 saturated carbocycles. The SMILES string of the molecule is Cc1ccc(C=CC(=O)NC(=S)NNC(=S)Nc2ccccc2)cc1. The van der Waals surface area contributed by atoms with E-state index in [4.69, 9.17) is 24.4 Å². The summed E-state index contributed by atoms with van der Waals surface area (Å²) in [5, 5.41) is 5.95. The molecule has 0 saturated heterocycles. The van der Waals surface area contributed by atoms with Crippen molar-refractivity contribution in [1.29, 1.82) is 0 Å². The van der Waals surface area contributed by atoms with Crippen molar-refractivity contribution in [2.45, 2.75) is 6.92 Å². The van der Waals surface area contributed by atoms with Crippen LogP contribution in [-0.2, 0) is 4.79 Å². The third-order valence-corrected chi connectivity index (χ3v) is 3.47. The highest BCUT2D eigenvalue weighted by atomic mass is 32.1. The predicted octanol–water partition coefficient (Wildman–Crippen LogP) is 2.90. The first-order valence-electron chi connectivity index (χ1n) is 7.51. The fourth-order valence-corrected chi connectivity index (χ4v) is 2.15. The Morgan fingerprint density at radius 3 is 2.24 bits per heavy atom. The molecule has 25 heavy (non-hydrogen) atoms. The molecule has 0 spiro atoms. The molecule has 1 amide bonds. The molecule has 0 heterocycles. The first kappa shape index (κ1) is 18.6. The molecule has 0 atom stereocenters. The second-order valence-corrected chi connectivity index (χ2v) is 5.95. The summed E-state index contributed by atoms with van der Waals surface area (Å²) in [4.78, 5) is 11.8. The minimum absolute atomic E-state index is 0.121. The third-order valence-electron chi connectivity index (χ3n) is 3.06. The molecule has 2 rings (SSSR count). The molecule has 128 valence electrons. The summed E-state index contributed by atoms with van der Waals surface area (Å²) in [5.74, 6) is -0.332. The molecule has 2 aromatic rings. The zero-order valence-electron chi connectivity index (χ0n) is 13.6. The lowest BCUT2D eigenvalue weighted by atomic mass is 10.1. The molecule has 5 nitrogen and oxygen atoms in total. The Morgan fingerprint density at radius 1 is 0.920 bits per heavy atom. The van der Waals surface area contributed by atoms with Crippen LogP contribution in [0.15, 0.2) is 60.7 Å². The normalized spacial score (nSPS) is 10.1. The molecule has 0 fully saturated rings. The number of anilines is 1. The van der Waals surface area contributed by atoms with Crippen molar-refractivity contribution in [1.82, 2.24) is 16.2 Å². The highest BCUT2D eigenvalue weighted by molar-refractivity contribution is 7.80. The number of nitrogens with one attached hydrogen (secondary N) is 4. The van der Waals surface area contributed by atoms with Gasteiger partial charge in [-0.2, -0.15) is 0 Å². The number of rotatable bonds is 3. The van der Waals surface area contributed by atoms with E-state index in [1.54, 1.807) is 6.08 Å². The van der Waals surface area contributed by atoms with Gasteiger partial charge in [0.2, 0.25) is 5.91 Å². The van der Waals surface area contributed by atoms with Crippen molar-refractivity contribution in [3.63, 3.8) is 0 Å². The fraction of sp³-hybridized carbons (Fsp3) is 0.0556. The lowest BCUT2D eigenvalue weighted by Gasteiger charge is -2.13. The largest absolute Gasteiger partial charge is 0.331 e. The highest BCUT2D eigenvalue weighted by Crippen LogP contribution is 2.05. The van der Waals surface area contributed by atoms with Crippen LogP contribution in [0.4, 0.5) is 5.69 Å². The molecular weight excluding hydrogens is 352 g/mol. The summed E-state index contributed by atoms with van der Waals surface area (Å²) in [6, 6.07) is 17.3. The van der Waals surface area contributed by atoms with Gasteiger partial charge in [0.25, 0.3) is 0 Å². The number of hydrogen-bond acceptors (Lipinski definition) is 3. The van der Waals surface area contributed by atoms with Crippen molar-refractivity contribution >= 4 is 52.3 Å². The van der Waals surface area contributed by atoms with Crippen LogP contribution in [0.3, 0.4) is 0 Å². The van der Waals surface area contributed by atoms with Gasteiger partial charge in [-0.1, -0.05) is 48.0 Å². The summed E-state index contributed by atoms with van der Waals surface area (Å²) in [6.45, 7) is 2.01. The van der Waals surface area contributed by atoms with Gasteiger partial charge in [-0.25, -0.2) is 0 Å².